The summed E-state index contributed by atoms with van der Waals surface area (Å²) in [7, 11) is 0. The first kappa shape index (κ1) is 11.0. The number of hydrogen-bond acceptors (Lipinski definition) is 2. The average molecular weight is 264 g/mol. The topological polar surface area (TPSA) is 55.1 Å². The summed E-state index contributed by atoms with van der Waals surface area (Å²) in [6.45, 7) is 1.93. The van der Waals surface area contributed by atoms with Gasteiger partial charge in [0.15, 0.2) is 5.65 Å². The van der Waals surface area contributed by atoms with Gasteiger partial charge in [-0.25, -0.2) is 14.3 Å². The van der Waals surface area contributed by atoms with Crippen LogP contribution in [-0.4, -0.2) is 18.9 Å². The summed E-state index contributed by atoms with van der Waals surface area (Å²) in [5.41, 5.74) is 3.27. The molecule has 0 aliphatic rings. The first-order valence-corrected chi connectivity index (χ1v) is 6.39. The molecule has 0 aliphatic heterocycles. The molecule has 4 rings (SSSR count). The number of aromatic nitrogens is 4. The second-order valence-corrected chi connectivity index (χ2v) is 4.74. The number of nitrogens with one attached hydrogen (secondary N) is 1. The molecule has 20 heavy (non-hydrogen) atoms. The summed E-state index contributed by atoms with van der Waals surface area (Å²) in [6.07, 6.45) is 1.81. The second kappa shape index (κ2) is 3.84. The fourth-order valence-corrected chi connectivity index (χ4v) is 2.62. The van der Waals surface area contributed by atoms with Crippen LogP contribution in [0.2, 0.25) is 0 Å². The van der Waals surface area contributed by atoms with E-state index in [0.717, 1.165) is 28.2 Å². The monoisotopic (exact) mass is 264 g/mol. The molecule has 0 bridgehead atoms. The van der Waals surface area contributed by atoms with Crippen LogP contribution in [0.1, 0.15) is 5.82 Å². The van der Waals surface area contributed by atoms with Crippen LogP contribution < -0.4 is 5.69 Å². The maximum absolute atomic E-state index is 12.3. The highest BCUT2D eigenvalue weighted by Gasteiger charge is 2.13. The lowest BCUT2D eigenvalue weighted by Crippen LogP contribution is -2.15. The summed E-state index contributed by atoms with van der Waals surface area (Å²) >= 11 is 0. The molecule has 3 aromatic heterocycles. The van der Waals surface area contributed by atoms with Gasteiger partial charge in [-0.15, -0.1) is 0 Å². The minimum atomic E-state index is -0.146. The van der Waals surface area contributed by atoms with Crippen LogP contribution in [0.3, 0.4) is 0 Å². The number of fused-ring (bicyclic) bond motifs is 3. The zero-order valence-corrected chi connectivity index (χ0v) is 10.9. The van der Waals surface area contributed by atoms with Crippen molar-refractivity contribution in [3.05, 3.63) is 65.0 Å². The van der Waals surface area contributed by atoms with E-state index in [1.807, 2.05) is 60.0 Å². The predicted octanol–water partition coefficient (Wildman–Crippen LogP) is 2.27. The number of aryl methyl sites for hydroxylation is 1. The summed E-state index contributed by atoms with van der Waals surface area (Å²) in [5.74, 6) is 0.856. The van der Waals surface area contributed by atoms with Crippen molar-refractivity contribution in [1.82, 2.24) is 18.9 Å². The fraction of sp³-hybridized carbons (Fsp3) is 0.0667. The third-order valence-electron chi connectivity index (χ3n) is 3.51. The van der Waals surface area contributed by atoms with E-state index in [1.165, 1.54) is 0 Å². The molecule has 1 aromatic carbocycles. The number of aromatic amines is 1. The molecule has 0 aliphatic carbocycles. The molecule has 1 N–H and O–H groups in total. The molecule has 0 saturated heterocycles. The molecule has 0 saturated carbocycles. The van der Waals surface area contributed by atoms with Crippen molar-refractivity contribution >= 4 is 16.7 Å². The van der Waals surface area contributed by atoms with Crippen molar-refractivity contribution in [2.75, 3.05) is 0 Å². The zero-order valence-electron chi connectivity index (χ0n) is 10.9. The highest BCUT2D eigenvalue weighted by Crippen LogP contribution is 2.19. The number of pyridine rings is 1. The molecule has 0 unspecified atom stereocenters. The Kier molecular flexibility index (Phi) is 2.12. The first-order chi connectivity index (χ1) is 9.75. The van der Waals surface area contributed by atoms with E-state index in [-0.39, 0.29) is 5.69 Å². The quantitative estimate of drug-likeness (QED) is 0.573. The number of imidazole rings is 2. The van der Waals surface area contributed by atoms with Gasteiger partial charge < -0.3 is 4.98 Å². The van der Waals surface area contributed by atoms with Gasteiger partial charge >= 0.3 is 5.69 Å². The Labute approximate surface area is 114 Å². The van der Waals surface area contributed by atoms with Gasteiger partial charge in [0.25, 0.3) is 0 Å². The van der Waals surface area contributed by atoms with E-state index in [1.54, 1.807) is 4.57 Å². The first-order valence-electron chi connectivity index (χ1n) is 6.39. The Morgan fingerprint density at radius 2 is 1.90 bits per heavy atom. The van der Waals surface area contributed by atoms with Crippen molar-refractivity contribution in [2.45, 2.75) is 6.92 Å². The number of rotatable bonds is 1. The van der Waals surface area contributed by atoms with Gasteiger partial charge in [0.1, 0.15) is 5.82 Å². The Morgan fingerprint density at radius 1 is 1.10 bits per heavy atom. The van der Waals surface area contributed by atoms with Crippen LogP contribution >= 0.6 is 0 Å². The van der Waals surface area contributed by atoms with E-state index < -0.39 is 0 Å². The van der Waals surface area contributed by atoms with Gasteiger partial charge in [-0.2, -0.15) is 0 Å². The minimum absolute atomic E-state index is 0.146. The summed E-state index contributed by atoms with van der Waals surface area (Å²) < 4.78 is 3.66. The molecule has 0 atom stereocenters. The second-order valence-electron chi connectivity index (χ2n) is 4.74. The van der Waals surface area contributed by atoms with Gasteiger partial charge in [-0.1, -0.05) is 18.2 Å². The van der Waals surface area contributed by atoms with E-state index in [4.69, 9.17) is 0 Å². The standard InChI is InChI=1S/C15H12N4O/c1-10-16-9-12-7-8-13-14(18(10)12)19(15(20)17-13)11-5-3-2-4-6-11/h2-9H,1H3,(H,17,20). The van der Waals surface area contributed by atoms with Crippen molar-refractivity contribution in [1.29, 1.82) is 0 Å². The molecular weight excluding hydrogens is 252 g/mol. The van der Waals surface area contributed by atoms with Crippen LogP contribution in [0.25, 0.3) is 22.4 Å². The van der Waals surface area contributed by atoms with E-state index in [2.05, 4.69) is 9.97 Å². The molecule has 4 aromatic rings. The SMILES string of the molecule is Cc1ncc2ccc3[nH]c(=O)n(-c4ccccc4)c3n12. The predicted molar refractivity (Wildman–Crippen MR) is 77.4 cm³/mol. The Balaban J connectivity index is 2.25. The smallest absolute Gasteiger partial charge is 0.304 e. The largest absolute Gasteiger partial charge is 0.332 e. The minimum Gasteiger partial charge on any atom is -0.304 e. The van der Waals surface area contributed by atoms with Crippen molar-refractivity contribution < 1.29 is 0 Å². The molecule has 0 fully saturated rings. The molecule has 0 radical (unpaired) electrons. The molecule has 0 spiro atoms. The number of hydrogen-bond donors (Lipinski definition) is 1. The average Bonchev–Trinajstić information content (AvgIpc) is 2.99. The molecule has 5 heteroatoms. The molecule has 0 amide bonds. The number of benzene rings is 1. The number of para-hydroxylation sites is 1. The number of nitrogens with zero attached hydrogens (tertiary/aromatic N) is 3. The van der Waals surface area contributed by atoms with Gasteiger partial charge in [-0.05, 0) is 31.2 Å². The van der Waals surface area contributed by atoms with Crippen molar-refractivity contribution in [3.63, 3.8) is 0 Å². The number of H-pyrrole nitrogens is 1. The Hall–Kier alpha value is -2.82. The van der Waals surface area contributed by atoms with E-state index >= 15 is 0 Å². The lowest BCUT2D eigenvalue weighted by atomic mass is 10.3. The van der Waals surface area contributed by atoms with Crippen LogP contribution in [0.4, 0.5) is 0 Å². The summed E-state index contributed by atoms with van der Waals surface area (Å²) in [4.78, 5) is 19.5. The van der Waals surface area contributed by atoms with E-state index in [0.29, 0.717) is 0 Å². The van der Waals surface area contributed by atoms with Gasteiger partial charge in [0, 0.05) is 0 Å². The normalized spacial score (nSPS) is 11.4. The van der Waals surface area contributed by atoms with E-state index in [9.17, 15) is 4.79 Å². The summed E-state index contributed by atoms with van der Waals surface area (Å²) in [5, 5.41) is 0. The Bertz CT molecular complexity index is 976. The lowest BCUT2D eigenvalue weighted by molar-refractivity contribution is 0.967. The van der Waals surface area contributed by atoms with Crippen molar-refractivity contribution in [3.8, 4) is 5.69 Å². The molecule has 3 heterocycles. The zero-order chi connectivity index (χ0) is 13.7. The highest BCUT2D eigenvalue weighted by molar-refractivity contribution is 5.78. The highest BCUT2D eigenvalue weighted by atomic mass is 16.1. The molecule has 98 valence electrons. The summed E-state index contributed by atoms with van der Waals surface area (Å²) in [6, 6.07) is 13.5. The van der Waals surface area contributed by atoms with Crippen molar-refractivity contribution in [2.24, 2.45) is 0 Å². The van der Waals surface area contributed by atoms with Crippen LogP contribution in [0, 0.1) is 6.92 Å². The maximum Gasteiger partial charge on any atom is 0.332 e. The fourth-order valence-electron chi connectivity index (χ4n) is 2.62. The van der Waals surface area contributed by atoms with Gasteiger partial charge in [-0.3, -0.25) is 4.40 Å². The van der Waals surface area contributed by atoms with Gasteiger partial charge in [0.2, 0.25) is 0 Å². The lowest BCUT2D eigenvalue weighted by Gasteiger charge is -2.06. The Morgan fingerprint density at radius 3 is 2.70 bits per heavy atom. The molecular formula is C15H12N4O. The van der Waals surface area contributed by atoms with Crippen LogP contribution in [0.15, 0.2) is 53.5 Å². The van der Waals surface area contributed by atoms with Crippen LogP contribution in [0.5, 0.6) is 0 Å². The van der Waals surface area contributed by atoms with Gasteiger partial charge in [0.05, 0.1) is 22.9 Å². The third kappa shape index (κ3) is 1.37. The third-order valence-corrected chi connectivity index (χ3v) is 3.51. The van der Waals surface area contributed by atoms with Crippen LogP contribution in [-0.2, 0) is 0 Å². The molecule has 5 nitrogen and oxygen atoms in total. The maximum atomic E-state index is 12.3.